The third kappa shape index (κ3) is 14.3. The lowest BCUT2D eigenvalue weighted by atomic mass is 10.1. The van der Waals surface area contributed by atoms with Crippen LogP contribution in [0.15, 0.2) is 0 Å². The summed E-state index contributed by atoms with van der Waals surface area (Å²) in [6, 6.07) is 0. The zero-order chi connectivity index (χ0) is 11.6. The molecule has 0 radical (unpaired) electrons. The van der Waals surface area contributed by atoms with Crippen LogP contribution in [0.4, 0.5) is 0 Å². The van der Waals surface area contributed by atoms with E-state index in [-0.39, 0.29) is 0 Å². The van der Waals surface area contributed by atoms with Crippen molar-refractivity contribution in [2.24, 2.45) is 5.73 Å². The Morgan fingerprint density at radius 1 is 1.36 bits per heavy atom. The lowest BCUT2D eigenvalue weighted by Crippen LogP contribution is -2.41. The lowest BCUT2D eigenvalue weighted by Gasteiger charge is -2.09. The average Bonchev–Trinajstić information content (AvgIpc) is 2.05. The van der Waals surface area contributed by atoms with Gasteiger partial charge < -0.3 is 10.8 Å². The van der Waals surface area contributed by atoms with Gasteiger partial charge in [-0.3, -0.25) is 4.79 Å². The molecule has 14 heavy (non-hydrogen) atoms. The fourth-order valence-corrected chi connectivity index (χ4v) is 0.710. The highest BCUT2D eigenvalue weighted by Crippen LogP contribution is 1.98. The topological polar surface area (TPSA) is 63.3 Å². The molecule has 0 aliphatic carbocycles. The summed E-state index contributed by atoms with van der Waals surface area (Å²) in [6.45, 7) is 5.08. The van der Waals surface area contributed by atoms with E-state index in [1.807, 2.05) is 0 Å². The van der Waals surface area contributed by atoms with Crippen LogP contribution in [0.25, 0.3) is 0 Å². The van der Waals surface area contributed by atoms with Crippen molar-refractivity contribution in [3.8, 4) is 0 Å². The molecule has 0 bridgehead atoms. The monoisotopic (exact) mass is 223 g/mol. The molecule has 4 heteroatoms. The van der Waals surface area contributed by atoms with Gasteiger partial charge in [-0.2, -0.15) is 0 Å². The van der Waals surface area contributed by atoms with Crippen LogP contribution in [0.1, 0.15) is 46.5 Å². The molecule has 0 heterocycles. The second-order valence-electron chi connectivity index (χ2n) is 3.78. The first-order chi connectivity index (χ1) is 6.36. The summed E-state index contributed by atoms with van der Waals surface area (Å²) in [5.41, 5.74) is 4.00. The Bertz CT molecular complexity index is 140. The first kappa shape index (κ1) is 16.2. The fourth-order valence-electron chi connectivity index (χ4n) is 0.521. The minimum atomic E-state index is -1.08. The van der Waals surface area contributed by atoms with Crippen LogP contribution in [-0.2, 0) is 4.79 Å². The summed E-state index contributed by atoms with van der Waals surface area (Å²) in [4.78, 5) is 9.90. The Labute approximate surface area is 91.6 Å². The number of carboxylic acids is 1. The van der Waals surface area contributed by atoms with Crippen molar-refractivity contribution in [1.82, 2.24) is 0 Å². The molecule has 0 saturated heterocycles. The van der Waals surface area contributed by atoms with Gasteiger partial charge in [0, 0.05) is 5.88 Å². The van der Waals surface area contributed by atoms with Crippen LogP contribution < -0.4 is 5.73 Å². The molecule has 0 aromatic rings. The smallest absolute Gasteiger partial charge is 0.323 e. The Balaban J connectivity index is 0. The lowest BCUT2D eigenvalue weighted by molar-refractivity contribution is -0.141. The predicted molar refractivity (Wildman–Crippen MR) is 60.8 cm³/mol. The molecule has 0 rings (SSSR count). The van der Waals surface area contributed by atoms with Gasteiger partial charge in [-0.25, -0.2) is 0 Å². The van der Waals surface area contributed by atoms with Gasteiger partial charge in [0.25, 0.3) is 0 Å². The van der Waals surface area contributed by atoms with E-state index in [0.717, 1.165) is 5.88 Å². The van der Waals surface area contributed by atoms with Crippen molar-refractivity contribution in [3.05, 3.63) is 0 Å². The zero-order valence-electron chi connectivity index (χ0n) is 9.35. The SMILES string of the molecule is CC(C)(N)C(=O)O.CCCCCCCl. The van der Waals surface area contributed by atoms with Crippen LogP contribution in [0.2, 0.25) is 0 Å². The van der Waals surface area contributed by atoms with E-state index in [2.05, 4.69) is 6.92 Å². The number of nitrogens with two attached hydrogens (primary N) is 1. The highest BCUT2D eigenvalue weighted by atomic mass is 35.5. The quantitative estimate of drug-likeness (QED) is 0.556. The van der Waals surface area contributed by atoms with Crippen LogP contribution in [-0.4, -0.2) is 22.5 Å². The van der Waals surface area contributed by atoms with Crippen LogP contribution >= 0.6 is 11.6 Å². The van der Waals surface area contributed by atoms with Gasteiger partial charge in [-0.1, -0.05) is 26.2 Å². The van der Waals surface area contributed by atoms with E-state index in [1.165, 1.54) is 39.5 Å². The molecule has 3 nitrogen and oxygen atoms in total. The van der Waals surface area contributed by atoms with E-state index in [1.54, 1.807) is 0 Å². The number of halogens is 1. The van der Waals surface area contributed by atoms with Crippen molar-refractivity contribution in [2.75, 3.05) is 5.88 Å². The molecule has 0 fully saturated rings. The third-order valence-corrected chi connectivity index (χ3v) is 1.81. The second-order valence-corrected chi connectivity index (χ2v) is 4.15. The number of carboxylic acid groups (broad SMARTS) is 1. The molecular formula is C10H22ClNO2. The minimum absolute atomic E-state index is 0.833. The zero-order valence-corrected chi connectivity index (χ0v) is 10.1. The van der Waals surface area contributed by atoms with Crippen molar-refractivity contribution in [1.29, 1.82) is 0 Å². The van der Waals surface area contributed by atoms with E-state index in [4.69, 9.17) is 22.4 Å². The summed E-state index contributed by atoms with van der Waals surface area (Å²) in [5, 5.41) is 8.12. The molecule has 0 atom stereocenters. The number of hydrogen-bond donors (Lipinski definition) is 2. The second kappa shape index (κ2) is 9.28. The Kier molecular flexibility index (Phi) is 10.7. The average molecular weight is 224 g/mol. The third-order valence-electron chi connectivity index (χ3n) is 1.54. The number of alkyl halides is 1. The van der Waals surface area contributed by atoms with Crippen molar-refractivity contribution < 1.29 is 9.90 Å². The van der Waals surface area contributed by atoms with Crippen LogP contribution in [0, 0.1) is 0 Å². The fraction of sp³-hybridized carbons (Fsp3) is 0.900. The van der Waals surface area contributed by atoms with Gasteiger partial charge in [-0.15, -0.1) is 11.6 Å². The predicted octanol–water partition coefficient (Wildman–Crippen LogP) is 2.61. The molecule has 86 valence electrons. The van der Waals surface area contributed by atoms with Gasteiger partial charge in [0.15, 0.2) is 0 Å². The molecule has 3 N–H and O–H groups in total. The number of hydrogen-bond acceptors (Lipinski definition) is 2. The van der Waals surface area contributed by atoms with E-state index in [0.29, 0.717) is 0 Å². The van der Waals surface area contributed by atoms with Gasteiger partial charge in [0.05, 0.1) is 0 Å². The first-order valence-corrected chi connectivity index (χ1v) is 5.48. The van der Waals surface area contributed by atoms with Gasteiger partial charge in [-0.05, 0) is 20.3 Å². The summed E-state index contributed by atoms with van der Waals surface area (Å²) in [5.74, 6) is -0.146. The standard InChI is InChI=1S/C6H13Cl.C4H9NO2/c1-2-3-4-5-6-7;1-4(2,5)3(6)7/h2-6H2,1H3;5H2,1-2H3,(H,6,7). The van der Waals surface area contributed by atoms with E-state index >= 15 is 0 Å². The maximum absolute atomic E-state index is 9.90. The van der Waals surface area contributed by atoms with E-state index in [9.17, 15) is 4.79 Å². The van der Waals surface area contributed by atoms with Crippen LogP contribution in [0.3, 0.4) is 0 Å². The normalized spacial score (nSPS) is 10.4. The number of rotatable bonds is 5. The van der Waals surface area contributed by atoms with E-state index < -0.39 is 11.5 Å². The molecule has 0 aliphatic rings. The van der Waals surface area contributed by atoms with Gasteiger partial charge >= 0.3 is 5.97 Å². The Morgan fingerprint density at radius 2 is 1.79 bits per heavy atom. The maximum Gasteiger partial charge on any atom is 0.323 e. The molecule has 0 saturated carbocycles. The highest BCUT2D eigenvalue weighted by molar-refractivity contribution is 6.17. The number of carbonyl (C=O) groups is 1. The van der Waals surface area contributed by atoms with Crippen molar-refractivity contribution >= 4 is 17.6 Å². The number of aliphatic carboxylic acids is 1. The molecule has 0 amide bonds. The first-order valence-electron chi connectivity index (χ1n) is 4.94. The molecular weight excluding hydrogens is 202 g/mol. The Morgan fingerprint density at radius 3 is 2.00 bits per heavy atom. The molecule has 0 aromatic heterocycles. The molecule has 0 aromatic carbocycles. The van der Waals surface area contributed by atoms with Gasteiger partial charge in [0.1, 0.15) is 5.54 Å². The molecule has 0 spiro atoms. The number of unbranched alkanes of at least 4 members (excludes halogenated alkanes) is 3. The largest absolute Gasteiger partial charge is 0.480 e. The van der Waals surface area contributed by atoms with Crippen molar-refractivity contribution in [2.45, 2.75) is 52.0 Å². The maximum atomic E-state index is 9.90. The van der Waals surface area contributed by atoms with Crippen LogP contribution in [0.5, 0.6) is 0 Å². The summed E-state index contributed by atoms with van der Waals surface area (Å²) in [7, 11) is 0. The highest BCUT2D eigenvalue weighted by Gasteiger charge is 2.19. The summed E-state index contributed by atoms with van der Waals surface area (Å²) in [6.07, 6.45) is 5.14. The molecule has 0 aliphatic heterocycles. The Hall–Kier alpha value is -0.280. The summed E-state index contributed by atoms with van der Waals surface area (Å²) >= 11 is 5.44. The summed E-state index contributed by atoms with van der Waals surface area (Å²) < 4.78 is 0. The van der Waals surface area contributed by atoms with Crippen molar-refractivity contribution in [3.63, 3.8) is 0 Å². The molecule has 0 unspecified atom stereocenters. The minimum Gasteiger partial charge on any atom is -0.480 e. The van der Waals surface area contributed by atoms with Gasteiger partial charge in [0.2, 0.25) is 0 Å².